The van der Waals surface area contributed by atoms with Crippen molar-refractivity contribution in [2.75, 3.05) is 13.1 Å². The predicted octanol–water partition coefficient (Wildman–Crippen LogP) is 2.39. The Hall–Kier alpha value is -1.55. The van der Waals surface area contributed by atoms with E-state index < -0.39 is 5.41 Å². The summed E-state index contributed by atoms with van der Waals surface area (Å²) >= 11 is 6.10. The van der Waals surface area contributed by atoms with Gasteiger partial charge in [-0.05, 0) is 30.9 Å². The van der Waals surface area contributed by atoms with E-state index >= 15 is 0 Å². The third-order valence-corrected chi connectivity index (χ3v) is 4.80. The molecule has 0 spiro atoms. The SMILES string of the molecule is CCC1(C(N)=O)CCCN(C(=O)Cc2ccccc2Cl)C1. The number of benzene rings is 1. The monoisotopic (exact) mass is 308 g/mol. The van der Waals surface area contributed by atoms with Gasteiger partial charge in [0, 0.05) is 18.1 Å². The van der Waals surface area contributed by atoms with Gasteiger partial charge in [0.05, 0.1) is 11.8 Å². The second-order valence-electron chi connectivity index (χ2n) is 5.69. The Labute approximate surface area is 130 Å². The quantitative estimate of drug-likeness (QED) is 0.928. The molecule has 1 aromatic carbocycles. The fourth-order valence-electron chi connectivity index (χ4n) is 2.93. The van der Waals surface area contributed by atoms with Crippen molar-refractivity contribution < 1.29 is 9.59 Å². The van der Waals surface area contributed by atoms with Crippen LogP contribution in [-0.4, -0.2) is 29.8 Å². The van der Waals surface area contributed by atoms with Gasteiger partial charge in [0.25, 0.3) is 0 Å². The summed E-state index contributed by atoms with van der Waals surface area (Å²) in [6, 6.07) is 7.34. The lowest BCUT2D eigenvalue weighted by Gasteiger charge is -2.40. The van der Waals surface area contributed by atoms with E-state index in [1.165, 1.54) is 0 Å². The molecule has 1 aromatic rings. The number of hydrogen-bond acceptors (Lipinski definition) is 2. The summed E-state index contributed by atoms with van der Waals surface area (Å²) in [7, 11) is 0. The largest absolute Gasteiger partial charge is 0.369 e. The number of likely N-dealkylation sites (tertiary alicyclic amines) is 1. The molecule has 4 nitrogen and oxygen atoms in total. The smallest absolute Gasteiger partial charge is 0.227 e. The fourth-order valence-corrected chi connectivity index (χ4v) is 3.13. The summed E-state index contributed by atoms with van der Waals surface area (Å²) in [5, 5.41) is 0.597. The van der Waals surface area contributed by atoms with Crippen LogP contribution in [0.15, 0.2) is 24.3 Å². The molecule has 1 unspecified atom stereocenters. The molecule has 2 rings (SSSR count). The maximum absolute atomic E-state index is 12.5. The third-order valence-electron chi connectivity index (χ3n) is 4.43. The number of carbonyl (C=O) groups excluding carboxylic acids is 2. The molecule has 5 heteroatoms. The van der Waals surface area contributed by atoms with E-state index in [0.717, 1.165) is 18.4 Å². The van der Waals surface area contributed by atoms with E-state index in [-0.39, 0.29) is 18.2 Å². The Bertz CT molecular complexity index is 547. The van der Waals surface area contributed by atoms with Crippen LogP contribution in [0.1, 0.15) is 31.7 Å². The Morgan fingerprint density at radius 2 is 2.10 bits per heavy atom. The number of nitrogens with two attached hydrogens (primary N) is 1. The molecule has 1 heterocycles. The molecule has 1 aliphatic rings. The number of rotatable bonds is 4. The van der Waals surface area contributed by atoms with Gasteiger partial charge in [0.2, 0.25) is 11.8 Å². The topological polar surface area (TPSA) is 63.4 Å². The summed E-state index contributed by atoms with van der Waals surface area (Å²) in [5.41, 5.74) is 5.79. The highest BCUT2D eigenvalue weighted by atomic mass is 35.5. The van der Waals surface area contributed by atoms with Gasteiger partial charge in [-0.3, -0.25) is 9.59 Å². The van der Waals surface area contributed by atoms with Crippen LogP contribution >= 0.6 is 11.6 Å². The van der Waals surface area contributed by atoms with Crippen molar-refractivity contribution in [2.45, 2.75) is 32.6 Å². The lowest BCUT2D eigenvalue weighted by molar-refractivity contribution is -0.139. The Morgan fingerprint density at radius 1 is 1.38 bits per heavy atom. The summed E-state index contributed by atoms with van der Waals surface area (Å²) in [6.45, 7) is 3.05. The van der Waals surface area contributed by atoms with E-state index in [4.69, 9.17) is 17.3 Å². The Morgan fingerprint density at radius 3 is 2.71 bits per heavy atom. The Balaban J connectivity index is 2.09. The van der Waals surface area contributed by atoms with Crippen molar-refractivity contribution >= 4 is 23.4 Å². The number of amides is 2. The average Bonchev–Trinajstić information content (AvgIpc) is 2.49. The van der Waals surface area contributed by atoms with Crippen LogP contribution in [-0.2, 0) is 16.0 Å². The molecule has 1 fully saturated rings. The van der Waals surface area contributed by atoms with Crippen LogP contribution in [0, 0.1) is 5.41 Å². The first-order valence-corrected chi connectivity index (χ1v) is 7.67. The van der Waals surface area contributed by atoms with Crippen LogP contribution in [0.5, 0.6) is 0 Å². The molecular formula is C16H21ClN2O2. The summed E-state index contributed by atoms with van der Waals surface area (Å²) in [5.74, 6) is -0.304. The van der Waals surface area contributed by atoms with Gasteiger partial charge in [-0.2, -0.15) is 0 Å². The molecule has 0 radical (unpaired) electrons. The highest BCUT2D eigenvalue weighted by Gasteiger charge is 2.40. The predicted molar refractivity (Wildman–Crippen MR) is 82.9 cm³/mol. The molecule has 1 saturated heterocycles. The van der Waals surface area contributed by atoms with E-state index in [9.17, 15) is 9.59 Å². The van der Waals surface area contributed by atoms with Gasteiger partial charge >= 0.3 is 0 Å². The number of carbonyl (C=O) groups is 2. The number of halogens is 1. The minimum Gasteiger partial charge on any atom is -0.369 e. The molecule has 114 valence electrons. The van der Waals surface area contributed by atoms with Gasteiger partial charge in [0.15, 0.2) is 0 Å². The zero-order valence-corrected chi connectivity index (χ0v) is 13.0. The van der Waals surface area contributed by atoms with Crippen LogP contribution < -0.4 is 5.73 Å². The zero-order valence-electron chi connectivity index (χ0n) is 12.3. The number of hydrogen-bond donors (Lipinski definition) is 1. The third kappa shape index (κ3) is 3.38. The number of piperidine rings is 1. The number of nitrogens with zero attached hydrogens (tertiary/aromatic N) is 1. The molecule has 21 heavy (non-hydrogen) atoms. The first-order valence-electron chi connectivity index (χ1n) is 7.29. The summed E-state index contributed by atoms with van der Waals surface area (Å²) < 4.78 is 0. The van der Waals surface area contributed by atoms with Gasteiger partial charge in [-0.1, -0.05) is 36.7 Å². The molecule has 2 amide bonds. The normalized spacial score (nSPS) is 22.1. The van der Waals surface area contributed by atoms with Gasteiger partial charge in [0.1, 0.15) is 0 Å². The first-order chi connectivity index (χ1) is 9.98. The maximum atomic E-state index is 12.5. The summed E-state index contributed by atoms with van der Waals surface area (Å²) in [6.07, 6.45) is 2.50. The molecular weight excluding hydrogens is 288 g/mol. The Kier molecular flexibility index (Phi) is 4.88. The van der Waals surface area contributed by atoms with E-state index in [1.807, 2.05) is 25.1 Å². The highest BCUT2D eigenvalue weighted by molar-refractivity contribution is 6.31. The van der Waals surface area contributed by atoms with Crippen LogP contribution in [0.4, 0.5) is 0 Å². The fraction of sp³-hybridized carbons (Fsp3) is 0.500. The molecule has 2 N–H and O–H groups in total. The number of primary amides is 1. The highest BCUT2D eigenvalue weighted by Crippen LogP contribution is 2.33. The molecule has 1 aliphatic heterocycles. The average molecular weight is 309 g/mol. The van der Waals surface area contributed by atoms with Gasteiger partial charge < -0.3 is 10.6 Å². The van der Waals surface area contributed by atoms with Crippen LogP contribution in [0.2, 0.25) is 5.02 Å². The molecule has 0 aliphatic carbocycles. The minimum absolute atomic E-state index is 0.00174. The standard InChI is InChI=1S/C16H21ClN2O2/c1-2-16(15(18)21)8-5-9-19(11-16)14(20)10-12-6-3-4-7-13(12)17/h3-4,6-7H,2,5,8-11H2,1H3,(H2,18,21). The van der Waals surface area contributed by atoms with Crippen molar-refractivity contribution in [2.24, 2.45) is 11.1 Å². The van der Waals surface area contributed by atoms with Crippen LogP contribution in [0.3, 0.4) is 0 Å². The van der Waals surface area contributed by atoms with E-state index in [0.29, 0.717) is 24.5 Å². The lowest BCUT2D eigenvalue weighted by atomic mass is 9.77. The van der Waals surface area contributed by atoms with E-state index in [1.54, 1.807) is 11.0 Å². The molecule has 0 aromatic heterocycles. The second-order valence-corrected chi connectivity index (χ2v) is 6.09. The molecule has 0 saturated carbocycles. The van der Waals surface area contributed by atoms with Gasteiger partial charge in [-0.15, -0.1) is 0 Å². The summed E-state index contributed by atoms with van der Waals surface area (Å²) in [4.78, 5) is 26.0. The molecule has 0 bridgehead atoms. The van der Waals surface area contributed by atoms with E-state index in [2.05, 4.69) is 0 Å². The van der Waals surface area contributed by atoms with Crippen LogP contribution in [0.25, 0.3) is 0 Å². The zero-order chi connectivity index (χ0) is 15.5. The minimum atomic E-state index is -0.575. The first kappa shape index (κ1) is 15.8. The maximum Gasteiger partial charge on any atom is 0.227 e. The van der Waals surface area contributed by atoms with Crippen molar-refractivity contribution in [3.05, 3.63) is 34.9 Å². The molecule has 1 atom stereocenters. The van der Waals surface area contributed by atoms with Crippen molar-refractivity contribution in [1.29, 1.82) is 0 Å². The van der Waals surface area contributed by atoms with Crippen molar-refractivity contribution in [1.82, 2.24) is 4.90 Å². The van der Waals surface area contributed by atoms with Gasteiger partial charge in [-0.25, -0.2) is 0 Å². The van der Waals surface area contributed by atoms with Crippen molar-refractivity contribution in [3.8, 4) is 0 Å². The van der Waals surface area contributed by atoms with Crippen molar-refractivity contribution in [3.63, 3.8) is 0 Å². The second kappa shape index (κ2) is 6.48. The lowest BCUT2D eigenvalue weighted by Crippen LogP contribution is -2.52.